The summed E-state index contributed by atoms with van der Waals surface area (Å²) in [4.78, 5) is 22.9. The van der Waals surface area contributed by atoms with Crippen LogP contribution in [0.2, 0.25) is 0 Å². The molecule has 0 heterocycles. The number of aromatic carboxylic acids is 1. The Labute approximate surface area is 139 Å². The molecule has 2 N–H and O–H groups in total. The van der Waals surface area contributed by atoms with Gasteiger partial charge in [-0.1, -0.05) is 60.7 Å². The van der Waals surface area contributed by atoms with Gasteiger partial charge in [-0.2, -0.15) is 0 Å². The zero-order chi connectivity index (χ0) is 17.2. The molecule has 0 amide bonds. The summed E-state index contributed by atoms with van der Waals surface area (Å²) in [5.41, 5.74) is 1.55. The topological polar surface area (TPSA) is 74.6 Å². The molecule has 1 atom stereocenters. The molecule has 2 aromatic carbocycles. The van der Waals surface area contributed by atoms with E-state index in [0.717, 1.165) is 11.1 Å². The van der Waals surface area contributed by atoms with Gasteiger partial charge in [-0.15, -0.1) is 0 Å². The van der Waals surface area contributed by atoms with E-state index in [2.05, 4.69) is 0 Å². The number of rotatable bonds is 4. The van der Waals surface area contributed by atoms with Crippen LogP contribution >= 0.6 is 0 Å². The molecule has 4 heteroatoms. The van der Waals surface area contributed by atoms with Crippen molar-refractivity contribution >= 4 is 17.5 Å². The molecule has 0 aliphatic heterocycles. The van der Waals surface area contributed by atoms with Crippen LogP contribution < -0.4 is 0 Å². The zero-order valence-electron chi connectivity index (χ0n) is 12.8. The molecule has 0 fully saturated rings. The van der Waals surface area contributed by atoms with E-state index in [1.807, 2.05) is 42.5 Å². The highest BCUT2D eigenvalue weighted by Crippen LogP contribution is 2.37. The first-order valence-electron chi connectivity index (χ1n) is 7.55. The maximum atomic E-state index is 11.9. The summed E-state index contributed by atoms with van der Waals surface area (Å²) >= 11 is 0. The lowest BCUT2D eigenvalue weighted by Gasteiger charge is -2.28. The summed E-state index contributed by atoms with van der Waals surface area (Å²) < 4.78 is 0. The first-order chi connectivity index (χ1) is 11.5. The molecule has 2 aromatic rings. The summed E-state index contributed by atoms with van der Waals surface area (Å²) in [7, 11) is 0. The van der Waals surface area contributed by atoms with E-state index < -0.39 is 17.4 Å². The van der Waals surface area contributed by atoms with Gasteiger partial charge in [-0.25, -0.2) is 4.79 Å². The molecule has 0 bridgehead atoms. The minimum Gasteiger partial charge on any atom is -0.480 e. The Kier molecular flexibility index (Phi) is 4.04. The number of carbonyl (C=O) groups is 2. The van der Waals surface area contributed by atoms with Gasteiger partial charge >= 0.3 is 11.9 Å². The molecule has 24 heavy (non-hydrogen) atoms. The molecule has 0 spiro atoms. The van der Waals surface area contributed by atoms with Crippen LogP contribution in [-0.2, 0) is 10.2 Å². The van der Waals surface area contributed by atoms with E-state index in [9.17, 15) is 14.7 Å². The summed E-state index contributed by atoms with van der Waals surface area (Å²) in [5.74, 6) is -1.98. The van der Waals surface area contributed by atoms with E-state index in [1.54, 1.807) is 18.2 Å². The van der Waals surface area contributed by atoms with Gasteiger partial charge in [0.1, 0.15) is 5.41 Å². The molecule has 120 valence electrons. The lowest BCUT2D eigenvalue weighted by atomic mass is 9.73. The van der Waals surface area contributed by atoms with Gasteiger partial charge in [0.2, 0.25) is 0 Å². The summed E-state index contributed by atoms with van der Waals surface area (Å²) in [5, 5.41) is 18.8. The third-order valence-corrected chi connectivity index (χ3v) is 4.33. The summed E-state index contributed by atoms with van der Waals surface area (Å²) in [6.45, 7) is 0. The SMILES string of the molecule is O=C(O)c1ccc(C2(C(=O)O)C=CC(c3ccccc3)=CC2)cc1. The number of carboxylic acids is 2. The molecule has 1 aliphatic carbocycles. The normalized spacial score (nSPS) is 19.6. The Balaban J connectivity index is 1.95. The Morgan fingerprint density at radius 2 is 1.58 bits per heavy atom. The van der Waals surface area contributed by atoms with E-state index in [-0.39, 0.29) is 5.56 Å². The molecule has 3 rings (SSSR count). The maximum absolute atomic E-state index is 11.9. The van der Waals surface area contributed by atoms with Crippen molar-refractivity contribution in [3.05, 3.63) is 89.5 Å². The van der Waals surface area contributed by atoms with E-state index in [0.29, 0.717) is 12.0 Å². The number of benzene rings is 2. The molecule has 0 radical (unpaired) electrons. The monoisotopic (exact) mass is 320 g/mol. The number of hydrogen-bond acceptors (Lipinski definition) is 2. The molecular weight excluding hydrogens is 304 g/mol. The second-order valence-corrected chi connectivity index (χ2v) is 5.72. The highest BCUT2D eigenvalue weighted by atomic mass is 16.4. The molecule has 0 saturated heterocycles. The third kappa shape index (κ3) is 2.74. The molecule has 0 saturated carbocycles. The second kappa shape index (κ2) is 6.16. The second-order valence-electron chi connectivity index (χ2n) is 5.72. The summed E-state index contributed by atoms with van der Waals surface area (Å²) in [6.07, 6.45) is 5.73. The lowest BCUT2D eigenvalue weighted by molar-refractivity contribution is -0.141. The quantitative estimate of drug-likeness (QED) is 0.899. The van der Waals surface area contributed by atoms with Gasteiger partial charge in [-0.3, -0.25) is 4.79 Å². The Morgan fingerprint density at radius 1 is 0.917 bits per heavy atom. The average molecular weight is 320 g/mol. The predicted octanol–water partition coefficient (Wildman–Crippen LogP) is 3.75. The van der Waals surface area contributed by atoms with Crippen LogP contribution in [0.3, 0.4) is 0 Å². The third-order valence-electron chi connectivity index (χ3n) is 4.33. The molecular formula is C20H16O4. The van der Waals surface area contributed by atoms with E-state index >= 15 is 0 Å². The van der Waals surface area contributed by atoms with Gasteiger partial charge in [0.05, 0.1) is 5.56 Å². The molecule has 1 unspecified atom stereocenters. The van der Waals surface area contributed by atoms with E-state index in [1.165, 1.54) is 12.1 Å². The van der Waals surface area contributed by atoms with E-state index in [4.69, 9.17) is 5.11 Å². The van der Waals surface area contributed by atoms with Crippen molar-refractivity contribution in [2.75, 3.05) is 0 Å². The Bertz CT molecular complexity index is 832. The molecule has 1 aliphatic rings. The minimum atomic E-state index is -1.17. The Morgan fingerprint density at radius 3 is 2.08 bits per heavy atom. The van der Waals surface area contributed by atoms with Gasteiger partial charge in [0, 0.05) is 0 Å². The maximum Gasteiger partial charge on any atom is 0.335 e. The predicted molar refractivity (Wildman–Crippen MR) is 90.9 cm³/mol. The fraction of sp³-hybridized carbons (Fsp3) is 0.100. The van der Waals surface area contributed by atoms with Crippen molar-refractivity contribution < 1.29 is 19.8 Å². The first-order valence-corrected chi connectivity index (χ1v) is 7.55. The highest BCUT2D eigenvalue weighted by Gasteiger charge is 2.38. The largest absolute Gasteiger partial charge is 0.480 e. The fourth-order valence-corrected chi connectivity index (χ4v) is 2.89. The van der Waals surface area contributed by atoms with Crippen LogP contribution in [0.1, 0.15) is 27.9 Å². The lowest BCUT2D eigenvalue weighted by Crippen LogP contribution is -2.34. The van der Waals surface area contributed by atoms with Crippen molar-refractivity contribution in [3.8, 4) is 0 Å². The molecule has 4 nitrogen and oxygen atoms in total. The number of hydrogen-bond donors (Lipinski definition) is 2. The molecule has 0 aromatic heterocycles. The van der Waals surface area contributed by atoms with Crippen molar-refractivity contribution in [2.24, 2.45) is 0 Å². The number of aliphatic carboxylic acids is 1. The van der Waals surface area contributed by atoms with Crippen LogP contribution in [0.5, 0.6) is 0 Å². The minimum absolute atomic E-state index is 0.139. The standard InChI is InChI=1S/C20H16O4/c21-18(22)16-6-8-17(9-7-16)20(19(23)24)12-10-15(11-13-20)14-4-2-1-3-5-14/h1-12H,13H2,(H,21,22)(H,23,24). The van der Waals surface area contributed by atoms with Crippen LogP contribution in [-0.4, -0.2) is 22.2 Å². The van der Waals surface area contributed by atoms with Crippen LogP contribution in [0.4, 0.5) is 0 Å². The van der Waals surface area contributed by atoms with Crippen molar-refractivity contribution in [3.63, 3.8) is 0 Å². The fourth-order valence-electron chi connectivity index (χ4n) is 2.89. The van der Waals surface area contributed by atoms with Gasteiger partial charge < -0.3 is 10.2 Å². The zero-order valence-corrected chi connectivity index (χ0v) is 12.8. The smallest absolute Gasteiger partial charge is 0.335 e. The van der Waals surface area contributed by atoms with Crippen molar-refractivity contribution in [2.45, 2.75) is 11.8 Å². The summed E-state index contributed by atoms with van der Waals surface area (Å²) in [6, 6.07) is 15.8. The van der Waals surface area contributed by atoms with Crippen LogP contribution in [0.15, 0.2) is 72.8 Å². The highest BCUT2D eigenvalue weighted by molar-refractivity contribution is 5.90. The van der Waals surface area contributed by atoms with Crippen molar-refractivity contribution in [1.82, 2.24) is 0 Å². The van der Waals surface area contributed by atoms with Gasteiger partial charge in [0.15, 0.2) is 0 Å². The van der Waals surface area contributed by atoms with Gasteiger partial charge in [-0.05, 0) is 35.3 Å². The number of carboxylic acid groups (broad SMARTS) is 2. The van der Waals surface area contributed by atoms with Crippen LogP contribution in [0, 0.1) is 0 Å². The average Bonchev–Trinajstić information content (AvgIpc) is 2.62. The van der Waals surface area contributed by atoms with Gasteiger partial charge in [0.25, 0.3) is 0 Å². The number of allylic oxidation sites excluding steroid dienone is 3. The van der Waals surface area contributed by atoms with Crippen LogP contribution in [0.25, 0.3) is 5.57 Å². The first kappa shape index (κ1) is 15.7. The van der Waals surface area contributed by atoms with Crippen molar-refractivity contribution in [1.29, 1.82) is 0 Å². The Hall–Kier alpha value is -3.14.